The molecule has 0 bridgehead atoms. The lowest BCUT2D eigenvalue weighted by molar-refractivity contribution is 0.627. The Kier molecular flexibility index (Phi) is 5.49. The molecule has 0 spiro atoms. The summed E-state index contributed by atoms with van der Waals surface area (Å²) in [7, 11) is 1.68. The molecule has 0 radical (unpaired) electrons. The highest BCUT2D eigenvalue weighted by molar-refractivity contribution is 6.30. The minimum atomic E-state index is -0.412. The smallest absolute Gasteiger partial charge is 0.191 e. The van der Waals surface area contributed by atoms with Crippen LogP contribution in [0.15, 0.2) is 35.8 Å². The third-order valence-corrected chi connectivity index (χ3v) is 2.37. The van der Waals surface area contributed by atoms with Crippen molar-refractivity contribution in [3.63, 3.8) is 0 Å². The van der Waals surface area contributed by atoms with Gasteiger partial charge < -0.3 is 10.6 Å². The van der Waals surface area contributed by atoms with E-state index in [4.69, 9.17) is 11.6 Å². The van der Waals surface area contributed by atoms with E-state index in [1.54, 1.807) is 25.3 Å². The van der Waals surface area contributed by atoms with Crippen LogP contribution in [0.1, 0.15) is 5.56 Å². The quantitative estimate of drug-likeness (QED) is 0.492. The first-order chi connectivity index (χ1) is 8.17. The molecular formula is C12H15ClFN3. The number of rotatable bonds is 4. The summed E-state index contributed by atoms with van der Waals surface area (Å²) in [5, 5.41) is 6.23. The van der Waals surface area contributed by atoms with Crippen LogP contribution in [0.25, 0.3) is 0 Å². The van der Waals surface area contributed by atoms with E-state index in [1.165, 1.54) is 6.07 Å². The van der Waals surface area contributed by atoms with E-state index in [1.807, 2.05) is 0 Å². The standard InChI is InChI=1S/C12H15ClFN3/c1-3-6-16-12(15-2)17-8-9-4-5-11(14)10(13)7-9/h3-5,7H,1,6,8H2,2H3,(H2,15,16,17). The number of guanidine groups is 1. The van der Waals surface area contributed by atoms with Gasteiger partial charge in [0.05, 0.1) is 5.02 Å². The summed E-state index contributed by atoms with van der Waals surface area (Å²) >= 11 is 5.68. The maximum Gasteiger partial charge on any atom is 0.191 e. The summed E-state index contributed by atoms with van der Waals surface area (Å²) in [5.41, 5.74) is 0.887. The number of benzene rings is 1. The van der Waals surface area contributed by atoms with Gasteiger partial charge in [0.15, 0.2) is 5.96 Å². The van der Waals surface area contributed by atoms with Crippen molar-refractivity contribution in [3.8, 4) is 0 Å². The molecule has 0 amide bonds. The van der Waals surface area contributed by atoms with E-state index in [2.05, 4.69) is 22.2 Å². The van der Waals surface area contributed by atoms with E-state index in [0.717, 1.165) is 5.56 Å². The molecule has 92 valence electrons. The molecule has 1 rings (SSSR count). The van der Waals surface area contributed by atoms with Crippen LogP contribution in [0.5, 0.6) is 0 Å². The van der Waals surface area contributed by atoms with Crippen LogP contribution < -0.4 is 10.6 Å². The molecule has 0 saturated carbocycles. The van der Waals surface area contributed by atoms with Crippen LogP contribution in [0.4, 0.5) is 4.39 Å². The summed E-state index contributed by atoms with van der Waals surface area (Å²) in [4.78, 5) is 4.02. The highest BCUT2D eigenvalue weighted by atomic mass is 35.5. The molecular weight excluding hydrogens is 241 g/mol. The summed E-state index contributed by atoms with van der Waals surface area (Å²) in [6.07, 6.45) is 1.74. The van der Waals surface area contributed by atoms with Gasteiger partial charge in [-0.15, -0.1) is 6.58 Å². The molecule has 0 heterocycles. The molecule has 1 aromatic rings. The highest BCUT2D eigenvalue weighted by Gasteiger charge is 2.01. The number of hydrogen-bond donors (Lipinski definition) is 2. The van der Waals surface area contributed by atoms with E-state index in [-0.39, 0.29) is 5.02 Å². The van der Waals surface area contributed by atoms with Crippen molar-refractivity contribution < 1.29 is 4.39 Å². The summed E-state index contributed by atoms with van der Waals surface area (Å²) < 4.78 is 12.9. The molecule has 0 aliphatic carbocycles. The van der Waals surface area contributed by atoms with Gasteiger partial charge in [-0.25, -0.2) is 4.39 Å². The topological polar surface area (TPSA) is 36.4 Å². The predicted octanol–water partition coefficient (Wildman–Crippen LogP) is 2.33. The van der Waals surface area contributed by atoms with Crippen LogP contribution in [-0.4, -0.2) is 19.6 Å². The summed E-state index contributed by atoms with van der Waals surface area (Å²) in [5.74, 6) is 0.245. The number of halogens is 2. The Morgan fingerprint density at radius 2 is 2.29 bits per heavy atom. The van der Waals surface area contributed by atoms with Gasteiger partial charge in [0, 0.05) is 20.1 Å². The molecule has 5 heteroatoms. The van der Waals surface area contributed by atoms with Gasteiger partial charge in [-0.3, -0.25) is 4.99 Å². The van der Waals surface area contributed by atoms with Crippen molar-refractivity contribution in [2.24, 2.45) is 4.99 Å². The monoisotopic (exact) mass is 255 g/mol. The van der Waals surface area contributed by atoms with Gasteiger partial charge in [0.25, 0.3) is 0 Å². The fourth-order valence-corrected chi connectivity index (χ4v) is 1.43. The second kappa shape index (κ2) is 6.91. The highest BCUT2D eigenvalue weighted by Crippen LogP contribution is 2.15. The lowest BCUT2D eigenvalue weighted by Crippen LogP contribution is -2.36. The Morgan fingerprint density at radius 3 is 2.88 bits per heavy atom. The zero-order valence-corrected chi connectivity index (χ0v) is 10.4. The third kappa shape index (κ3) is 4.44. The van der Waals surface area contributed by atoms with Gasteiger partial charge in [-0.2, -0.15) is 0 Å². The van der Waals surface area contributed by atoms with Crippen LogP contribution in [0.3, 0.4) is 0 Å². The molecule has 2 N–H and O–H groups in total. The van der Waals surface area contributed by atoms with Crippen molar-refractivity contribution in [1.82, 2.24) is 10.6 Å². The van der Waals surface area contributed by atoms with E-state index >= 15 is 0 Å². The third-order valence-electron chi connectivity index (χ3n) is 2.08. The maximum absolute atomic E-state index is 12.9. The largest absolute Gasteiger partial charge is 0.353 e. The Morgan fingerprint density at radius 1 is 1.53 bits per heavy atom. The molecule has 17 heavy (non-hydrogen) atoms. The van der Waals surface area contributed by atoms with Crippen molar-refractivity contribution in [1.29, 1.82) is 0 Å². The Labute approximate surface area is 105 Å². The summed E-state index contributed by atoms with van der Waals surface area (Å²) in [6, 6.07) is 4.61. The second-order valence-electron chi connectivity index (χ2n) is 3.34. The molecule has 0 unspecified atom stereocenters. The molecule has 3 nitrogen and oxygen atoms in total. The van der Waals surface area contributed by atoms with E-state index in [0.29, 0.717) is 19.0 Å². The molecule has 0 atom stereocenters. The Bertz CT molecular complexity index is 418. The maximum atomic E-state index is 12.9. The Balaban J connectivity index is 2.54. The lowest BCUT2D eigenvalue weighted by Gasteiger charge is -2.10. The van der Waals surface area contributed by atoms with Crippen molar-refractivity contribution in [2.45, 2.75) is 6.54 Å². The minimum Gasteiger partial charge on any atom is -0.353 e. The van der Waals surface area contributed by atoms with Crippen molar-refractivity contribution in [3.05, 3.63) is 47.3 Å². The number of hydrogen-bond acceptors (Lipinski definition) is 1. The van der Waals surface area contributed by atoms with Gasteiger partial charge in [-0.1, -0.05) is 23.7 Å². The van der Waals surface area contributed by atoms with Crippen LogP contribution in [0, 0.1) is 5.82 Å². The second-order valence-corrected chi connectivity index (χ2v) is 3.75. The van der Waals surface area contributed by atoms with Gasteiger partial charge in [-0.05, 0) is 17.7 Å². The van der Waals surface area contributed by atoms with Crippen molar-refractivity contribution >= 4 is 17.6 Å². The van der Waals surface area contributed by atoms with E-state index in [9.17, 15) is 4.39 Å². The predicted molar refractivity (Wildman–Crippen MR) is 69.8 cm³/mol. The molecule has 0 aromatic heterocycles. The molecule has 0 aliphatic rings. The van der Waals surface area contributed by atoms with E-state index < -0.39 is 5.82 Å². The number of aliphatic imine (C=N–C) groups is 1. The normalized spacial score (nSPS) is 11.1. The van der Waals surface area contributed by atoms with Gasteiger partial charge in [0.2, 0.25) is 0 Å². The lowest BCUT2D eigenvalue weighted by atomic mass is 10.2. The molecule has 0 saturated heterocycles. The first kappa shape index (κ1) is 13.5. The van der Waals surface area contributed by atoms with Crippen molar-refractivity contribution in [2.75, 3.05) is 13.6 Å². The molecule has 0 aliphatic heterocycles. The minimum absolute atomic E-state index is 0.123. The average Bonchev–Trinajstić information content (AvgIpc) is 2.34. The fourth-order valence-electron chi connectivity index (χ4n) is 1.22. The first-order valence-electron chi connectivity index (χ1n) is 5.16. The van der Waals surface area contributed by atoms with Gasteiger partial charge in [0.1, 0.15) is 5.82 Å². The SMILES string of the molecule is C=CCNC(=NC)NCc1ccc(F)c(Cl)c1. The van der Waals surface area contributed by atoms with Crippen LogP contribution >= 0.6 is 11.6 Å². The molecule has 0 fully saturated rings. The van der Waals surface area contributed by atoms with Gasteiger partial charge >= 0.3 is 0 Å². The fraction of sp³-hybridized carbons (Fsp3) is 0.250. The Hall–Kier alpha value is -1.55. The van der Waals surface area contributed by atoms with Crippen LogP contribution in [0.2, 0.25) is 5.02 Å². The number of nitrogens with zero attached hydrogens (tertiary/aromatic N) is 1. The average molecular weight is 256 g/mol. The van der Waals surface area contributed by atoms with Crippen LogP contribution in [-0.2, 0) is 6.54 Å². The summed E-state index contributed by atoms with van der Waals surface area (Å²) in [6.45, 7) is 4.76. The number of nitrogens with one attached hydrogen (secondary N) is 2. The molecule has 1 aromatic carbocycles. The first-order valence-corrected chi connectivity index (χ1v) is 5.54. The zero-order valence-electron chi connectivity index (χ0n) is 9.63. The zero-order chi connectivity index (χ0) is 12.7.